The average Bonchev–Trinajstić information content (AvgIpc) is 2.76. The molecule has 4 nitrogen and oxygen atoms in total. The Morgan fingerprint density at radius 2 is 1.94 bits per heavy atom. The molecule has 1 aromatic rings. The molecule has 1 aliphatic rings. The van der Waals surface area contributed by atoms with Crippen LogP contribution in [0.3, 0.4) is 0 Å². The van der Waals surface area contributed by atoms with Gasteiger partial charge in [0.1, 0.15) is 0 Å². The van der Waals surface area contributed by atoms with Gasteiger partial charge in [0.2, 0.25) is 5.89 Å². The lowest BCUT2D eigenvalue weighted by Gasteiger charge is -2.23. The summed E-state index contributed by atoms with van der Waals surface area (Å²) in [4.78, 5) is 4.47. The first kappa shape index (κ1) is 13.5. The van der Waals surface area contributed by atoms with Gasteiger partial charge in [-0.05, 0) is 24.2 Å². The van der Waals surface area contributed by atoms with Gasteiger partial charge in [-0.25, -0.2) is 0 Å². The number of hydrogen-bond donors (Lipinski definition) is 1. The Hall–Kier alpha value is -0.900. The molecule has 102 valence electrons. The van der Waals surface area contributed by atoms with Gasteiger partial charge in [-0.15, -0.1) is 0 Å². The van der Waals surface area contributed by atoms with Crippen LogP contribution in [-0.2, 0) is 6.42 Å². The molecule has 2 rings (SSSR count). The third kappa shape index (κ3) is 3.31. The van der Waals surface area contributed by atoms with Gasteiger partial charge in [-0.2, -0.15) is 4.98 Å². The maximum atomic E-state index is 6.13. The largest absolute Gasteiger partial charge is 0.339 e. The van der Waals surface area contributed by atoms with Crippen molar-refractivity contribution in [3.8, 4) is 0 Å². The van der Waals surface area contributed by atoms with Crippen molar-refractivity contribution in [1.29, 1.82) is 0 Å². The van der Waals surface area contributed by atoms with Crippen LogP contribution in [0.5, 0.6) is 0 Å². The fourth-order valence-electron chi connectivity index (χ4n) is 2.50. The normalized spacial score (nSPS) is 20.0. The molecule has 0 radical (unpaired) electrons. The van der Waals surface area contributed by atoms with Crippen LogP contribution in [0.1, 0.15) is 70.6 Å². The van der Waals surface area contributed by atoms with E-state index in [-0.39, 0.29) is 11.5 Å². The van der Waals surface area contributed by atoms with E-state index in [1.165, 1.54) is 32.1 Å². The average molecular weight is 251 g/mol. The van der Waals surface area contributed by atoms with E-state index < -0.39 is 0 Å². The quantitative estimate of drug-likeness (QED) is 0.895. The van der Waals surface area contributed by atoms with E-state index in [4.69, 9.17) is 10.3 Å². The molecule has 0 amide bonds. The van der Waals surface area contributed by atoms with Gasteiger partial charge in [-0.3, -0.25) is 0 Å². The summed E-state index contributed by atoms with van der Waals surface area (Å²) >= 11 is 0. The first-order valence-electron chi connectivity index (χ1n) is 7.05. The lowest BCUT2D eigenvalue weighted by molar-refractivity contribution is 0.289. The molecule has 1 saturated carbocycles. The van der Waals surface area contributed by atoms with Crippen LogP contribution >= 0.6 is 0 Å². The molecule has 0 saturated heterocycles. The third-order valence-corrected chi connectivity index (χ3v) is 3.88. The predicted octanol–water partition coefficient (Wildman–Crippen LogP) is 3.24. The van der Waals surface area contributed by atoms with E-state index in [2.05, 4.69) is 30.9 Å². The molecule has 18 heavy (non-hydrogen) atoms. The van der Waals surface area contributed by atoms with Gasteiger partial charge >= 0.3 is 0 Å². The highest BCUT2D eigenvalue weighted by Gasteiger charge is 2.27. The minimum Gasteiger partial charge on any atom is -0.339 e. The SMILES string of the molecule is CC(C)(C)C(N)c1noc(CC2CCCCC2)n1. The fraction of sp³-hybridized carbons (Fsp3) is 0.857. The number of nitrogens with two attached hydrogens (primary N) is 1. The van der Waals surface area contributed by atoms with E-state index >= 15 is 0 Å². The number of hydrogen-bond acceptors (Lipinski definition) is 4. The highest BCUT2D eigenvalue weighted by Crippen LogP contribution is 2.30. The highest BCUT2D eigenvalue weighted by molar-refractivity contribution is 4.98. The summed E-state index contributed by atoms with van der Waals surface area (Å²) < 4.78 is 5.34. The van der Waals surface area contributed by atoms with Crippen LogP contribution in [0.15, 0.2) is 4.52 Å². The molecule has 1 unspecified atom stereocenters. The molecule has 2 N–H and O–H groups in total. The van der Waals surface area contributed by atoms with E-state index in [1.807, 2.05) is 0 Å². The molecule has 1 aromatic heterocycles. The van der Waals surface area contributed by atoms with Crippen molar-refractivity contribution >= 4 is 0 Å². The van der Waals surface area contributed by atoms with Gasteiger partial charge in [0.05, 0.1) is 6.04 Å². The summed E-state index contributed by atoms with van der Waals surface area (Å²) in [5.41, 5.74) is 6.10. The Labute approximate surface area is 109 Å². The van der Waals surface area contributed by atoms with Crippen LogP contribution in [0.2, 0.25) is 0 Å². The smallest absolute Gasteiger partial charge is 0.226 e. The fourth-order valence-corrected chi connectivity index (χ4v) is 2.50. The maximum Gasteiger partial charge on any atom is 0.226 e. The molecular weight excluding hydrogens is 226 g/mol. The zero-order valence-corrected chi connectivity index (χ0v) is 11.8. The second kappa shape index (κ2) is 5.39. The Kier molecular flexibility index (Phi) is 4.05. The molecular formula is C14H25N3O. The first-order chi connectivity index (χ1) is 8.47. The Bertz CT molecular complexity index is 375. The lowest BCUT2D eigenvalue weighted by atomic mass is 9.86. The maximum absolute atomic E-state index is 6.13. The second-order valence-electron chi connectivity index (χ2n) is 6.60. The van der Waals surface area contributed by atoms with Gasteiger partial charge < -0.3 is 10.3 Å². The standard InChI is InChI=1S/C14H25N3O/c1-14(2,3)12(15)13-16-11(18-17-13)9-10-7-5-4-6-8-10/h10,12H,4-9,15H2,1-3H3. The molecule has 1 atom stereocenters. The number of nitrogens with zero attached hydrogens (tertiary/aromatic N) is 2. The molecule has 0 spiro atoms. The molecule has 4 heteroatoms. The zero-order chi connectivity index (χ0) is 13.2. The zero-order valence-electron chi connectivity index (χ0n) is 11.8. The van der Waals surface area contributed by atoms with E-state index in [0.717, 1.165) is 18.2 Å². The summed E-state index contributed by atoms with van der Waals surface area (Å²) in [5, 5.41) is 4.04. The minimum atomic E-state index is -0.165. The van der Waals surface area contributed by atoms with Crippen LogP contribution < -0.4 is 5.73 Å². The summed E-state index contributed by atoms with van der Waals surface area (Å²) in [6.45, 7) is 6.28. The van der Waals surface area contributed by atoms with E-state index in [0.29, 0.717) is 5.82 Å². The lowest BCUT2D eigenvalue weighted by Crippen LogP contribution is -2.27. The van der Waals surface area contributed by atoms with Crippen LogP contribution in [0, 0.1) is 11.3 Å². The van der Waals surface area contributed by atoms with E-state index in [9.17, 15) is 0 Å². The number of rotatable bonds is 3. The van der Waals surface area contributed by atoms with Crippen molar-refractivity contribution in [2.24, 2.45) is 17.1 Å². The van der Waals surface area contributed by atoms with Crippen molar-refractivity contribution in [2.45, 2.75) is 65.3 Å². The Morgan fingerprint density at radius 3 is 2.56 bits per heavy atom. The molecule has 1 heterocycles. The Balaban J connectivity index is 1.97. The molecule has 0 bridgehead atoms. The van der Waals surface area contributed by atoms with Crippen LogP contribution in [0.25, 0.3) is 0 Å². The van der Waals surface area contributed by atoms with Gasteiger partial charge in [0, 0.05) is 6.42 Å². The van der Waals surface area contributed by atoms with Crippen LogP contribution in [0.4, 0.5) is 0 Å². The minimum absolute atomic E-state index is 0.0357. The topological polar surface area (TPSA) is 64.9 Å². The monoisotopic (exact) mass is 251 g/mol. The van der Waals surface area contributed by atoms with Gasteiger partial charge in [0.25, 0.3) is 0 Å². The van der Waals surface area contributed by atoms with Crippen molar-refractivity contribution in [1.82, 2.24) is 10.1 Å². The summed E-state index contributed by atoms with van der Waals surface area (Å²) in [6.07, 6.45) is 7.57. The molecule has 1 fully saturated rings. The Morgan fingerprint density at radius 1 is 1.28 bits per heavy atom. The molecule has 0 aromatic carbocycles. The third-order valence-electron chi connectivity index (χ3n) is 3.88. The van der Waals surface area contributed by atoms with Crippen LogP contribution in [-0.4, -0.2) is 10.1 Å². The first-order valence-corrected chi connectivity index (χ1v) is 7.05. The summed E-state index contributed by atoms with van der Waals surface area (Å²) in [5.74, 6) is 2.13. The van der Waals surface area contributed by atoms with E-state index in [1.54, 1.807) is 0 Å². The van der Waals surface area contributed by atoms with Gasteiger partial charge in [-0.1, -0.05) is 45.2 Å². The molecule has 1 aliphatic carbocycles. The summed E-state index contributed by atoms with van der Waals surface area (Å²) in [7, 11) is 0. The predicted molar refractivity (Wildman–Crippen MR) is 71.0 cm³/mol. The van der Waals surface area contributed by atoms with Gasteiger partial charge in [0.15, 0.2) is 5.82 Å². The van der Waals surface area contributed by atoms with Crippen molar-refractivity contribution in [3.63, 3.8) is 0 Å². The molecule has 0 aliphatic heterocycles. The summed E-state index contributed by atoms with van der Waals surface area (Å²) in [6, 6.07) is -0.165. The van der Waals surface area contributed by atoms with Crippen molar-refractivity contribution in [2.75, 3.05) is 0 Å². The highest BCUT2D eigenvalue weighted by atomic mass is 16.5. The number of aromatic nitrogens is 2. The van der Waals surface area contributed by atoms with Crippen molar-refractivity contribution < 1.29 is 4.52 Å². The van der Waals surface area contributed by atoms with Crippen molar-refractivity contribution in [3.05, 3.63) is 11.7 Å². The second-order valence-corrected chi connectivity index (χ2v) is 6.60.